The van der Waals surface area contributed by atoms with Crippen molar-refractivity contribution in [3.05, 3.63) is 21.3 Å². The molecule has 90 valence electrons. The predicted octanol–water partition coefficient (Wildman–Crippen LogP) is 2.36. The van der Waals surface area contributed by atoms with Crippen LogP contribution in [-0.4, -0.2) is 18.0 Å². The van der Waals surface area contributed by atoms with Gasteiger partial charge in [0.15, 0.2) is 0 Å². The maximum absolute atomic E-state index is 11.9. The number of nitrogens with two attached hydrogens (primary N) is 1. The first-order valence-corrected chi connectivity index (χ1v) is 6.32. The first-order valence-electron chi connectivity index (χ1n) is 5.13. The molecule has 0 aromatic carbocycles. The maximum Gasteiger partial charge on any atom is 0.228 e. The molecule has 1 heterocycles. The molecule has 0 saturated carbocycles. The molecule has 16 heavy (non-hydrogen) atoms. The fourth-order valence-electron chi connectivity index (χ4n) is 1.18. The van der Waals surface area contributed by atoms with E-state index in [4.69, 9.17) is 17.3 Å². The largest absolute Gasteiger partial charge is 0.349 e. The van der Waals surface area contributed by atoms with Crippen molar-refractivity contribution in [1.82, 2.24) is 5.32 Å². The zero-order chi connectivity index (χ0) is 12.3. The van der Waals surface area contributed by atoms with Crippen LogP contribution in [0, 0.1) is 0 Å². The number of amides is 1. The Hall–Kier alpha value is -0.580. The summed E-state index contributed by atoms with van der Waals surface area (Å²) < 4.78 is 0.702. The van der Waals surface area contributed by atoms with E-state index in [1.807, 2.05) is 26.8 Å². The summed E-state index contributed by atoms with van der Waals surface area (Å²) in [6.07, 6.45) is 0. The third-order valence-corrected chi connectivity index (χ3v) is 3.80. The van der Waals surface area contributed by atoms with E-state index in [9.17, 15) is 4.79 Å². The minimum Gasteiger partial charge on any atom is -0.349 e. The second-order valence-corrected chi connectivity index (χ2v) is 6.19. The van der Waals surface area contributed by atoms with Gasteiger partial charge in [-0.2, -0.15) is 0 Å². The van der Waals surface area contributed by atoms with E-state index in [-0.39, 0.29) is 17.4 Å². The highest BCUT2D eigenvalue weighted by Crippen LogP contribution is 2.28. The van der Waals surface area contributed by atoms with Crippen molar-refractivity contribution in [3.63, 3.8) is 0 Å². The Balaban J connectivity index is 2.68. The van der Waals surface area contributed by atoms with Crippen molar-refractivity contribution in [2.45, 2.75) is 32.2 Å². The second-order valence-electron chi connectivity index (χ2n) is 4.44. The standard InChI is InChI=1S/C11H17ClN2OS/c1-7(8-4-5-9(12)16-8)10(15)14-11(2,3)6-13/h4-5,7H,6,13H2,1-3H3,(H,14,15). The number of nitrogens with one attached hydrogen (secondary N) is 1. The molecule has 5 heteroatoms. The zero-order valence-corrected chi connectivity index (χ0v) is 11.3. The molecule has 3 nitrogen and oxygen atoms in total. The van der Waals surface area contributed by atoms with Crippen LogP contribution >= 0.6 is 22.9 Å². The Morgan fingerprint density at radius 2 is 2.25 bits per heavy atom. The van der Waals surface area contributed by atoms with Gasteiger partial charge in [-0.25, -0.2) is 0 Å². The number of carbonyl (C=O) groups excluding carboxylic acids is 1. The Bertz CT molecular complexity index is 376. The van der Waals surface area contributed by atoms with Crippen LogP contribution in [0.15, 0.2) is 12.1 Å². The Morgan fingerprint density at radius 3 is 2.69 bits per heavy atom. The van der Waals surface area contributed by atoms with E-state index < -0.39 is 0 Å². The first-order chi connectivity index (χ1) is 7.35. The highest BCUT2D eigenvalue weighted by Gasteiger charge is 2.23. The van der Waals surface area contributed by atoms with Crippen LogP contribution in [0.25, 0.3) is 0 Å². The SMILES string of the molecule is CC(C(=O)NC(C)(C)CN)c1ccc(Cl)s1. The minimum atomic E-state index is -0.369. The summed E-state index contributed by atoms with van der Waals surface area (Å²) in [6.45, 7) is 6.08. The lowest BCUT2D eigenvalue weighted by molar-refractivity contribution is -0.123. The van der Waals surface area contributed by atoms with Gasteiger partial charge < -0.3 is 11.1 Å². The summed E-state index contributed by atoms with van der Waals surface area (Å²) in [5, 5.41) is 2.91. The molecule has 1 amide bonds. The Morgan fingerprint density at radius 1 is 1.62 bits per heavy atom. The molecular formula is C11H17ClN2OS. The number of carbonyl (C=O) groups is 1. The molecule has 1 aromatic rings. The molecule has 0 aliphatic heterocycles. The highest BCUT2D eigenvalue weighted by molar-refractivity contribution is 7.16. The van der Waals surface area contributed by atoms with E-state index in [2.05, 4.69) is 5.32 Å². The monoisotopic (exact) mass is 260 g/mol. The molecule has 1 atom stereocenters. The number of rotatable bonds is 4. The summed E-state index contributed by atoms with van der Waals surface area (Å²) in [4.78, 5) is 12.9. The first kappa shape index (κ1) is 13.5. The van der Waals surface area contributed by atoms with Gasteiger partial charge >= 0.3 is 0 Å². The van der Waals surface area contributed by atoms with Crippen LogP contribution in [0.4, 0.5) is 0 Å². The fraction of sp³-hybridized carbons (Fsp3) is 0.545. The van der Waals surface area contributed by atoms with Gasteiger partial charge in [0.05, 0.1) is 10.3 Å². The van der Waals surface area contributed by atoms with Crippen LogP contribution in [0.3, 0.4) is 0 Å². The molecule has 0 aliphatic rings. The van der Waals surface area contributed by atoms with E-state index in [0.717, 1.165) is 4.88 Å². The molecule has 0 spiro atoms. The second kappa shape index (κ2) is 5.17. The van der Waals surface area contributed by atoms with Crippen molar-refractivity contribution in [1.29, 1.82) is 0 Å². The fourth-order valence-corrected chi connectivity index (χ4v) is 2.29. The molecule has 0 aliphatic carbocycles. The van der Waals surface area contributed by atoms with Gasteiger partial charge in [0.25, 0.3) is 0 Å². The van der Waals surface area contributed by atoms with Gasteiger partial charge in [0.1, 0.15) is 0 Å². The van der Waals surface area contributed by atoms with Gasteiger partial charge in [-0.05, 0) is 32.9 Å². The smallest absolute Gasteiger partial charge is 0.228 e. The van der Waals surface area contributed by atoms with Crippen molar-refractivity contribution in [2.75, 3.05) is 6.54 Å². The molecule has 3 N–H and O–H groups in total. The number of hydrogen-bond donors (Lipinski definition) is 2. The van der Waals surface area contributed by atoms with Crippen LogP contribution in [-0.2, 0) is 4.79 Å². The van der Waals surface area contributed by atoms with Crippen LogP contribution < -0.4 is 11.1 Å². The predicted molar refractivity (Wildman–Crippen MR) is 69.0 cm³/mol. The van der Waals surface area contributed by atoms with Gasteiger partial charge in [-0.15, -0.1) is 11.3 Å². The van der Waals surface area contributed by atoms with Gasteiger partial charge in [-0.1, -0.05) is 11.6 Å². The molecule has 0 saturated heterocycles. The molecule has 0 radical (unpaired) electrons. The molecule has 0 fully saturated rings. The van der Waals surface area contributed by atoms with E-state index in [0.29, 0.717) is 10.9 Å². The quantitative estimate of drug-likeness (QED) is 0.873. The molecule has 1 aromatic heterocycles. The van der Waals surface area contributed by atoms with Crippen molar-refractivity contribution in [2.24, 2.45) is 5.73 Å². The summed E-state index contributed by atoms with van der Waals surface area (Å²) in [5.74, 6) is -0.211. The maximum atomic E-state index is 11.9. The summed E-state index contributed by atoms with van der Waals surface area (Å²) in [7, 11) is 0. The van der Waals surface area contributed by atoms with E-state index >= 15 is 0 Å². The third kappa shape index (κ3) is 3.47. The summed E-state index contributed by atoms with van der Waals surface area (Å²) in [6, 6.07) is 3.69. The van der Waals surface area contributed by atoms with E-state index in [1.165, 1.54) is 11.3 Å². The number of hydrogen-bond acceptors (Lipinski definition) is 3. The van der Waals surface area contributed by atoms with Gasteiger partial charge in [0.2, 0.25) is 5.91 Å². The lowest BCUT2D eigenvalue weighted by Gasteiger charge is -2.25. The highest BCUT2D eigenvalue weighted by atomic mass is 35.5. The zero-order valence-electron chi connectivity index (χ0n) is 9.71. The Labute approximate surface area is 105 Å². The molecule has 1 unspecified atom stereocenters. The normalized spacial score (nSPS) is 13.6. The average Bonchev–Trinajstić information content (AvgIpc) is 2.63. The lowest BCUT2D eigenvalue weighted by Crippen LogP contribution is -2.50. The van der Waals surface area contributed by atoms with E-state index in [1.54, 1.807) is 6.07 Å². The number of thiophene rings is 1. The van der Waals surface area contributed by atoms with Crippen molar-refractivity contribution in [3.8, 4) is 0 Å². The molecular weight excluding hydrogens is 244 g/mol. The number of halogens is 1. The summed E-state index contributed by atoms with van der Waals surface area (Å²) >= 11 is 7.27. The molecule has 1 rings (SSSR count). The third-order valence-electron chi connectivity index (χ3n) is 2.39. The van der Waals surface area contributed by atoms with Crippen molar-refractivity contribution >= 4 is 28.8 Å². The van der Waals surface area contributed by atoms with Crippen molar-refractivity contribution < 1.29 is 4.79 Å². The minimum absolute atomic E-state index is 0.0195. The average molecular weight is 261 g/mol. The lowest BCUT2D eigenvalue weighted by atomic mass is 10.0. The van der Waals surface area contributed by atoms with Crippen LogP contribution in [0.1, 0.15) is 31.6 Å². The van der Waals surface area contributed by atoms with Gasteiger partial charge in [0, 0.05) is 17.0 Å². The summed E-state index contributed by atoms with van der Waals surface area (Å²) in [5.41, 5.74) is 5.20. The topological polar surface area (TPSA) is 55.1 Å². The van der Waals surface area contributed by atoms with Crippen LogP contribution in [0.5, 0.6) is 0 Å². The van der Waals surface area contributed by atoms with Crippen LogP contribution in [0.2, 0.25) is 4.34 Å². The Kier molecular flexibility index (Phi) is 4.35. The molecule has 0 bridgehead atoms. The van der Waals surface area contributed by atoms with Gasteiger partial charge in [-0.3, -0.25) is 4.79 Å².